The summed E-state index contributed by atoms with van der Waals surface area (Å²) >= 11 is 0. The highest BCUT2D eigenvalue weighted by atomic mass is 19.4. The Hall–Kier alpha value is -1.24. The van der Waals surface area contributed by atoms with Gasteiger partial charge in [-0.2, -0.15) is 26.3 Å². The fourth-order valence-electron chi connectivity index (χ4n) is 1.55. The molecule has 0 radical (unpaired) electrons. The molecule has 1 nitrogen and oxygen atoms in total. The second-order valence-corrected chi connectivity index (χ2v) is 3.85. The lowest BCUT2D eigenvalue weighted by molar-refractivity contribution is -0.139. The average Bonchev–Trinajstić information content (AvgIpc) is 2.24. The summed E-state index contributed by atoms with van der Waals surface area (Å²) in [4.78, 5) is 0. The molecule has 0 saturated carbocycles. The van der Waals surface area contributed by atoms with E-state index >= 15 is 0 Å². The molecular formula is C11H11F6N. The molecule has 0 spiro atoms. The molecule has 0 unspecified atom stereocenters. The number of hydrogen-bond acceptors (Lipinski definition) is 1. The van der Waals surface area contributed by atoms with Crippen LogP contribution in [0, 0.1) is 0 Å². The molecule has 0 aliphatic heterocycles. The normalized spacial score (nSPS) is 14.6. The molecule has 0 saturated heterocycles. The van der Waals surface area contributed by atoms with Gasteiger partial charge in [-0.15, -0.1) is 0 Å². The Morgan fingerprint density at radius 1 is 1.00 bits per heavy atom. The second kappa shape index (κ2) is 5.17. The Bertz CT molecular complexity index is 395. The third kappa shape index (κ3) is 4.21. The second-order valence-electron chi connectivity index (χ2n) is 3.85. The van der Waals surface area contributed by atoms with Crippen LogP contribution in [0.4, 0.5) is 26.3 Å². The van der Waals surface area contributed by atoms with Crippen LogP contribution < -0.4 is 5.73 Å². The van der Waals surface area contributed by atoms with E-state index in [9.17, 15) is 26.3 Å². The summed E-state index contributed by atoms with van der Waals surface area (Å²) in [6, 6.07) is 3.11. The van der Waals surface area contributed by atoms with Gasteiger partial charge < -0.3 is 5.73 Å². The maximum atomic E-state index is 12.6. The molecule has 0 amide bonds. The van der Waals surface area contributed by atoms with Crippen molar-refractivity contribution in [3.05, 3.63) is 35.4 Å². The van der Waals surface area contributed by atoms with Gasteiger partial charge in [0.2, 0.25) is 0 Å². The molecule has 18 heavy (non-hydrogen) atoms. The van der Waals surface area contributed by atoms with Gasteiger partial charge in [0.25, 0.3) is 0 Å². The van der Waals surface area contributed by atoms with E-state index in [0.29, 0.717) is 0 Å². The molecule has 102 valence electrons. The van der Waals surface area contributed by atoms with Crippen LogP contribution in [0.1, 0.15) is 30.0 Å². The predicted octanol–water partition coefficient (Wildman–Crippen LogP) is 4.05. The van der Waals surface area contributed by atoms with E-state index in [1.807, 2.05) is 0 Å². The van der Waals surface area contributed by atoms with Gasteiger partial charge in [0, 0.05) is 12.5 Å². The molecule has 0 aliphatic rings. The molecule has 0 bridgehead atoms. The molecule has 1 rings (SSSR count). The lowest BCUT2D eigenvalue weighted by Gasteiger charge is -2.18. The van der Waals surface area contributed by atoms with E-state index in [4.69, 9.17) is 5.73 Å². The lowest BCUT2D eigenvalue weighted by Crippen LogP contribution is -2.19. The summed E-state index contributed by atoms with van der Waals surface area (Å²) in [5, 5.41) is 0. The minimum atomic E-state index is -4.62. The Morgan fingerprint density at radius 2 is 1.56 bits per heavy atom. The van der Waals surface area contributed by atoms with Gasteiger partial charge >= 0.3 is 12.4 Å². The molecule has 0 fully saturated rings. The van der Waals surface area contributed by atoms with Crippen molar-refractivity contribution in [2.75, 3.05) is 0 Å². The van der Waals surface area contributed by atoms with Gasteiger partial charge in [0.15, 0.2) is 0 Å². The highest BCUT2D eigenvalue weighted by Gasteiger charge is 2.35. The van der Waals surface area contributed by atoms with Gasteiger partial charge in [-0.25, -0.2) is 0 Å². The van der Waals surface area contributed by atoms with Crippen molar-refractivity contribution in [1.82, 2.24) is 0 Å². The molecule has 2 N–H and O–H groups in total. The minimum absolute atomic E-state index is 0.311. The van der Waals surface area contributed by atoms with Crippen LogP contribution in [0.25, 0.3) is 0 Å². The van der Waals surface area contributed by atoms with E-state index < -0.39 is 36.8 Å². The van der Waals surface area contributed by atoms with Gasteiger partial charge in [-0.1, -0.05) is 18.2 Å². The minimum Gasteiger partial charge on any atom is -0.324 e. The van der Waals surface area contributed by atoms with Crippen molar-refractivity contribution in [2.45, 2.75) is 31.2 Å². The van der Waals surface area contributed by atoms with E-state index in [1.165, 1.54) is 12.1 Å². The van der Waals surface area contributed by atoms with Crippen LogP contribution >= 0.6 is 0 Å². The van der Waals surface area contributed by atoms with Crippen molar-refractivity contribution in [3.8, 4) is 0 Å². The van der Waals surface area contributed by atoms with Crippen LogP contribution in [-0.2, 0) is 6.18 Å². The molecule has 0 aromatic heterocycles. The summed E-state index contributed by atoms with van der Waals surface area (Å²) in [5.74, 6) is 0. The Morgan fingerprint density at radius 3 is 2.06 bits per heavy atom. The summed E-state index contributed by atoms with van der Waals surface area (Å²) in [7, 11) is 0. The summed E-state index contributed by atoms with van der Waals surface area (Å²) < 4.78 is 73.8. The first-order valence-corrected chi connectivity index (χ1v) is 5.10. The van der Waals surface area contributed by atoms with E-state index in [1.54, 1.807) is 0 Å². The van der Waals surface area contributed by atoms with Gasteiger partial charge in [0.05, 0.1) is 5.56 Å². The SMILES string of the molecule is N[C@H](CCC(F)(F)F)c1ccccc1C(F)(F)F. The Labute approximate surface area is 99.6 Å². The zero-order valence-corrected chi connectivity index (χ0v) is 9.15. The molecule has 0 heterocycles. The van der Waals surface area contributed by atoms with E-state index in [2.05, 4.69) is 0 Å². The number of nitrogens with two attached hydrogens (primary N) is 1. The quantitative estimate of drug-likeness (QED) is 0.825. The molecular weight excluding hydrogens is 260 g/mol. The monoisotopic (exact) mass is 271 g/mol. The summed E-state index contributed by atoms with van der Waals surface area (Å²) in [6.07, 6.45) is -10.8. The average molecular weight is 271 g/mol. The number of halogens is 6. The van der Waals surface area contributed by atoms with Crippen molar-refractivity contribution >= 4 is 0 Å². The van der Waals surface area contributed by atoms with Gasteiger partial charge in [-0.3, -0.25) is 0 Å². The van der Waals surface area contributed by atoms with Crippen molar-refractivity contribution in [2.24, 2.45) is 5.73 Å². The Kier molecular flexibility index (Phi) is 4.26. The lowest BCUT2D eigenvalue weighted by atomic mass is 9.97. The third-order valence-electron chi connectivity index (χ3n) is 2.40. The first-order valence-electron chi connectivity index (χ1n) is 5.10. The number of benzene rings is 1. The molecule has 1 atom stereocenters. The molecule has 1 aromatic rings. The largest absolute Gasteiger partial charge is 0.416 e. The standard InChI is InChI=1S/C11H11F6N/c12-10(13,14)6-5-9(18)7-3-1-2-4-8(7)11(15,16)17/h1-4,9H,5-6,18H2/t9-/m1/s1. The van der Waals surface area contributed by atoms with Gasteiger partial charge in [0.1, 0.15) is 0 Å². The van der Waals surface area contributed by atoms with Crippen LogP contribution in [0.3, 0.4) is 0 Å². The first-order chi connectivity index (χ1) is 8.11. The number of alkyl halides is 6. The highest BCUT2D eigenvalue weighted by molar-refractivity contribution is 5.32. The van der Waals surface area contributed by atoms with E-state index in [0.717, 1.165) is 12.1 Å². The third-order valence-corrected chi connectivity index (χ3v) is 2.40. The van der Waals surface area contributed by atoms with E-state index in [-0.39, 0.29) is 5.56 Å². The summed E-state index contributed by atoms with van der Waals surface area (Å²) in [6.45, 7) is 0. The van der Waals surface area contributed by atoms with Crippen LogP contribution in [-0.4, -0.2) is 6.18 Å². The molecule has 0 aliphatic carbocycles. The highest BCUT2D eigenvalue weighted by Crippen LogP contribution is 2.36. The fourth-order valence-corrected chi connectivity index (χ4v) is 1.55. The van der Waals surface area contributed by atoms with Crippen LogP contribution in [0.15, 0.2) is 24.3 Å². The molecule has 7 heteroatoms. The Balaban J connectivity index is 2.89. The fraction of sp³-hybridized carbons (Fsp3) is 0.455. The smallest absolute Gasteiger partial charge is 0.324 e. The zero-order chi connectivity index (χ0) is 14.0. The first kappa shape index (κ1) is 14.8. The zero-order valence-electron chi connectivity index (χ0n) is 9.15. The van der Waals surface area contributed by atoms with Gasteiger partial charge in [-0.05, 0) is 18.1 Å². The van der Waals surface area contributed by atoms with Crippen molar-refractivity contribution < 1.29 is 26.3 Å². The number of hydrogen-bond donors (Lipinski definition) is 1. The summed E-state index contributed by atoms with van der Waals surface area (Å²) in [5.41, 5.74) is 4.10. The van der Waals surface area contributed by atoms with Crippen LogP contribution in [0.5, 0.6) is 0 Å². The maximum Gasteiger partial charge on any atom is 0.416 e. The molecule has 1 aromatic carbocycles. The maximum absolute atomic E-state index is 12.6. The van der Waals surface area contributed by atoms with Crippen molar-refractivity contribution in [1.29, 1.82) is 0 Å². The van der Waals surface area contributed by atoms with Crippen molar-refractivity contribution in [3.63, 3.8) is 0 Å². The topological polar surface area (TPSA) is 26.0 Å². The predicted molar refractivity (Wildman–Crippen MR) is 53.7 cm³/mol. The number of rotatable bonds is 3. The van der Waals surface area contributed by atoms with Crippen LogP contribution in [0.2, 0.25) is 0 Å².